The van der Waals surface area contributed by atoms with Crippen molar-refractivity contribution in [2.24, 2.45) is 5.92 Å². The van der Waals surface area contributed by atoms with Crippen molar-refractivity contribution in [2.75, 3.05) is 0 Å². The van der Waals surface area contributed by atoms with E-state index in [1.54, 1.807) is 0 Å². The summed E-state index contributed by atoms with van der Waals surface area (Å²) in [6, 6.07) is 10.9. The van der Waals surface area contributed by atoms with Crippen LogP contribution in [0.3, 0.4) is 0 Å². The Morgan fingerprint density at radius 1 is 1.06 bits per heavy atom. The Hall–Kier alpha value is -0.780. The zero-order valence-electron chi connectivity index (χ0n) is 12.0. The largest absolute Gasteiger partial charge is 0.0654 e. The molecule has 0 aliphatic rings. The summed E-state index contributed by atoms with van der Waals surface area (Å²) in [4.78, 5) is 0. The van der Waals surface area contributed by atoms with Gasteiger partial charge in [-0.25, -0.2) is 0 Å². The first-order valence-corrected chi connectivity index (χ1v) is 7.12. The summed E-state index contributed by atoms with van der Waals surface area (Å²) < 4.78 is 0. The Bertz CT molecular complexity index is 297. The van der Waals surface area contributed by atoms with Gasteiger partial charge in [-0.1, -0.05) is 83.7 Å². The van der Waals surface area contributed by atoms with Crippen LogP contribution in [0.5, 0.6) is 0 Å². The number of unbranched alkanes of at least 4 members (excludes halogenated alkanes) is 2. The third-order valence-electron chi connectivity index (χ3n) is 3.71. The second-order valence-corrected chi connectivity index (χ2v) is 6.05. The van der Waals surface area contributed by atoms with E-state index in [2.05, 4.69) is 58.0 Å². The molecule has 96 valence electrons. The van der Waals surface area contributed by atoms with Crippen molar-refractivity contribution in [3.8, 4) is 0 Å². The van der Waals surface area contributed by atoms with Crippen molar-refractivity contribution in [1.82, 2.24) is 0 Å². The Kier molecular flexibility index (Phi) is 5.74. The molecule has 0 amide bonds. The minimum Gasteiger partial charge on any atom is -0.0654 e. The predicted octanol–water partition coefficient (Wildman–Crippen LogP) is 5.57. The van der Waals surface area contributed by atoms with Crippen molar-refractivity contribution in [3.05, 3.63) is 35.9 Å². The molecule has 0 fully saturated rings. The van der Waals surface area contributed by atoms with Gasteiger partial charge in [-0.3, -0.25) is 0 Å². The van der Waals surface area contributed by atoms with E-state index in [0.717, 1.165) is 5.92 Å². The molecule has 1 unspecified atom stereocenters. The van der Waals surface area contributed by atoms with Crippen LogP contribution in [-0.2, 0) is 5.41 Å². The van der Waals surface area contributed by atoms with Crippen LogP contribution in [0.25, 0.3) is 0 Å². The highest BCUT2D eigenvalue weighted by atomic mass is 14.3. The Morgan fingerprint density at radius 3 is 2.29 bits per heavy atom. The fourth-order valence-corrected chi connectivity index (χ4v) is 2.72. The SMILES string of the molecule is CCCCCC(C)CC(C)(C)c1ccccc1. The number of hydrogen-bond acceptors (Lipinski definition) is 0. The van der Waals surface area contributed by atoms with Gasteiger partial charge in [0.1, 0.15) is 0 Å². The van der Waals surface area contributed by atoms with Gasteiger partial charge in [0, 0.05) is 0 Å². The molecule has 0 saturated heterocycles. The van der Waals surface area contributed by atoms with E-state index in [4.69, 9.17) is 0 Å². The molecule has 0 nitrogen and oxygen atoms in total. The lowest BCUT2D eigenvalue weighted by Gasteiger charge is -2.28. The van der Waals surface area contributed by atoms with E-state index in [-0.39, 0.29) is 0 Å². The third kappa shape index (κ3) is 4.93. The van der Waals surface area contributed by atoms with E-state index < -0.39 is 0 Å². The summed E-state index contributed by atoms with van der Waals surface area (Å²) in [6.45, 7) is 9.43. The maximum absolute atomic E-state index is 2.40. The van der Waals surface area contributed by atoms with Gasteiger partial charge < -0.3 is 0 Å². The second-order valence-electron chi connectivity index (χ2n) is 6.05. The minimum absolute atomic E-state index is 0.312. The molecule has 17 heavy (non-hydrogen) atoms. The number of hydrogen-bond donors (Lipinski definition) is 0. The van der Waals surface area contributed by atoms with Crippen LogP contribution in [0.1, 0.15) is 65.4 Å². The molecule has 1 atom stereocenters. The van der Waals surface area contributed by atoms with Gasteiger partial charge in [0.25, 0.3) is 0 Å². The van der Waals surface area contributed by atoms with Gasteiger partial charge in [-0.2, -0.15) is 0 Å². The predicted molar refractivity (Wildman–Crippen MR) is 77.4 cm³/mol. The van der Waals surface area contributed by atoms with Crippen molar-refractivity contribution in [3.63, 3.8) is 0 Å². The van der Waals surface area contributed by atoms with Gasteiger partial charge in [-0.15, -0.1) is 0 Å². The molecule has 0 radical (unpaired) electrons. The molecule has 0 saturated carbocycles. The Balaban J connectivity index is 2.49. The smallest absolute Gasteiger partial charge is 0.0101 e. The average molecular weight is 232 g/mol. The maximum atomic E-state index is 2.40. The van der Waals surface area contributed by atoms with Gasteiger partial charge in [0.05, 0.1) is 0 Å². The van der Waals surface area contributed by atoms with Gasteiger partial charge in [-0.05, 0) is 23.3 Å². The van der Waals surface area contributed by atoms with E-state index >= 15 is 0 Å². The van der Waals surface area contributed by atoms with Crippen LogP contribution >= 0.6 is 0 Å². The molecule has 0 N–H and O–H groups in total. The van der Waals surface area contributed by atoms with Crippen LogP contribution in [0.15, 0.2) is 30.3 Å². The zero-order chi connectivity index (χ0) is 12.7. The van der Waals surface area contributed by atoms with Gasteiger partial charge in [0.15, 0.2) is 0 Å². The first-order valence-electron chi connectivity index (χ1n) is 7.12. The molecule has 0 aromatic heterocycles. The van der Waals surface area contributed by atoms with Gasteiger partial charge in [0.2, 0.25) is 0 Å². The molecule has 0 bridgehead atoms. The molecule has 0 aliphatic carbocycles. The quantitative estimate of drug-likeness (QED) is 0.539. The van der Waals surface area contributed by atoms with Crippen LogP contribution in [0.2, 0.25) is 0 Å². The van der Waals surface area contributed by atoms with E-state index in [9.17, 15) is 0 Å². The summed E-state index contributed by atoms with van der Waals surface area (Å²) in [5.74, 6) is 0.830. The van der Waals surface area contributed by atoms with Crippen molar-refractivity contribution in [2.45, 2.75) is 65.2 Å². The second kappa shape index (κ2) is 6.83. The minimum atomic E-state index is 0.312. The molecule has 0 heterocycles. The van der Waals surface area contributed by atoms with E-state index in [1.807, 2.05) is 0 Å². The Morgan fingerprint density at radius 2 is 1.71 bits per heavy atom. The van der Waals surface area contributed by atoms with E-state index in [1.165, 1.54) is 37.7 Å². The fourth-order valence-electron chi connectivity index (χ4n) is 2.72. The lowest BCUT2D eigenvalue weighted by molar-refractivity contribution is 0.354. The molecule has 0 spiro atoms. The van der Waals surface area contributed by atoms with Gasteiger partial charge >= 0.3 is 0 Å². The molecule has 0 heteroatoms. The summed E-state index contributed by atoms with van der Waals surface area (Å²) in [7, 11) is 0. The lowest BCUT2D eigenvalue weighted by Crippen LogP contribution is -2.20. The lowest BCUT2D eigenvalue weighted by atomic mass is 9.76. The van der Waals surface area contributed by atoms with E-state index in [0.29, 0.717) is 5.41 Å². The standard InChI is InChI=1S/C17H28/c1-5-6-8-11-15(2)14-17(3,4)16-12-9-7-10-13-16/h7,9-10,12-13,15H,5-6,8,11,14H2,1-4H3. The number of rotatable bonds is 7. The molecule has 1 aromatic rings. The summed E-state index contributed by atoms with van der Waals surface area (Å²) >= 11 is 0. The molecule has 1 rings (SSSR count). The average Bonchev–Trinajstić information content (AvgIpc) is 2.30. The van der Waals surface area contributed by atoms with Crippen molar-refractivity contribution < 1.29 is 0 Å². The van der Waals surface area contributed by atoms with Crippen molar-refractivity contribution >= 4 is 0 Å². The summed E-state index contributed by atoms with van der Waals surface area (Å²) in [5, 5.41) is 0. The van der Waals surface area contributed by atoms with Crippen LogP contribution < -0.4 is 0 Å². The number of benzene rings is 1. The normalized spacial score (nSPS) is 13.6. The third-order valence-corrected chi connectivity index (χ3v) is 3.71. The first kappa shape index (κ1) is 14.3. The Labute approximate surface area is 107 Å². The van der Waals surface area contributed by atoms with Crippen molar-refractivity contribution in [1.29, 1.82) is 0 Å². The summed E-state index contributed by atoms with van der Waals surface area (Å²) in [5.41, 5.74) is 1.79. The first-order chi connectivity index (χ1) is 8.06. The van der Waals surface area contributed by atoms with Crippen LogP contribution in [0, 0.1) is 5.92 Å². The topological polar surface area (TPSA) is 0 Å². The summed E-state index contributed by atoms with van der Waals surface area (Å²) in [6.07, 6.45) is 6.78. The highest BCUT2D eigenvalue weighted by Crippen LogP contribution is 2.32. The maximum Gasteiger partial charge on any atom is -0.0101 e. The highest BCUT2D eigenvalue weighted by Gasteiger charge is 2.22. The highest BCUT2D eigenvalue weighted by molar-refractivity contribution is 5.23. The zero-order valence-corrected chi connectivity index (χ0v) is 12.0. The molecule has 1 aromatic carbocycles. The molecule has 0 aliphatic heterocycles. The molecular weight excluding hydrogens is 204 g/mol. The fraction of sp³-hybridized carbons (Fsp3) is 0.647. The monoisotopic (exact) mass is 232 g/mol. The van der Waals surface area contributed by atoms with Crippen LogP contribution in [-0.4, -0.2) is 0 Å². The molecular formula is C17H28. The van der Waals surface area contributed by atoms with Crippen LogP contribution in [0.4, 0.5) is 0 Å².